The lowest BCUT2D eigenvalue weighted by molar-refractivity contribution is -0.137. The van der Waals surface area contributed by atoms with Crippen molar-refractivity contribution in [2.24, 2.45) is 0 Å². The first-order valence-electron chi connectivity index (χ1n) is 5.91. The number of imidazole rings is 1. The SMILES string of the molecule is FC(F)(F)c1ccc(Oc2cc(Br)c3nccn3c2)cc1. The van der Waals surface area contributed by atoms with Crippen LogP contribution >= 0.6 is 15.9 Å². The number of hydrogen-bond donors (Lipinski definition) is 0. The third kappa shape index (κ3) is 2.87. The van der Waals surface area contributed by atoms with Crippen molar-refractivity contribution in [3.8, 4) is 11.5 Å². The van der Waals surface area contributed by atoms with Crippen molar-refractivity contribution in [1.29, 1.82) is 0 Å². The molecule has 0 unspecified atom stereocenters. The Labute approximate surface area is 126 Å². The molecule has 0 saturated carbocycles. The van der Waals surface area contributed by atoms with Crippen molar-refractivity contribution in [1.82, 2.24) is 9.38 Å². The normalized spacial score (nSPS) is 11.8. The van der Waals surface area contributed by atoms with Crippen molar-refractivity contribution in [3.63, 3.8) is 0 Å². The maximum atomic E-state index is 12.5. The Hall–Kier alpha value is -2.02. The molecular weight excluding hydrogens is 349 g/mol. The Morgan fingerprint density at radius 3 is 2.48 bits per heavy atom. The van der Waals surface area contributed by atoms with E-state index in [1.807, 2.05) is 0 Å². The van der Waals surface area contributed by atoms with Gasteiger partial charge in [0.2, 0.25) is 0 Å². The fourth-order valence-corrected chi connectivity index (χ4v) is 2.40. The van der Waals surface area contributed by atoms with Crippen LogP contribution in [-0.4, -0.2) is 9.38 Å². The molecule has 0 amide bonds. The average molecular weight is 357 g/mol. The average Bonchev–Trinajstić information content (AvgIpc) is 2.87. The third-order valence-corrected chi connectivity index (χ3v) is 3.42. The molecule has 7 heteroatoms. The van der Waals surface area contributed by atoms with E-state index < -0.39 is 11.7 Å². The van der Waals surface area contributed by atoms with E-state index in [0.29, 0.717) is 11.5 Å². The molecule has 0 bridgehead atoms. The van der Waals surface area contributed by atoms with Gasteiger partial charge in [0.1, 0.15) is 11.5 Å². The summed E-state index contributed by atoms with van der Waals surface area (Å²) in [6.45, 7) is 0. The summed E-state index contributed by atoms with van der Waals surface area (Å²) in [6.07, 6.45) is 0.740. The maximum absolute atomic E-state index is 12.5. The first kappa shape index (κ1) is 13.9. The number of rotatable bonds is 2. The van der Waals surface area contributed by atoms with Crippen molar-refractivity contribution in [3.05, 3.63) is 59.0 Å². The molecular formula is C14H8BrF3N2O. The van der Waals surface area contributed by atoms with Crippen LogP contribution in [0.5, 0.6) is 11.5 Å². The Balaban J connectivity index is 1.88. The van der Waals surface area contributed by atoms with Crippen LogP contribution in [0.25, 0.3) is 5.65 Å². The Kier molecular flexibility index (Phi) is 3.36. The number of nitrogens with zero attached hydrogens (tertiary/aromatic N) is 2. The van der Waals surface area contributed by atoms with Gasteiger partial charge in [-0.05, 0) is 40.2 Å². The highest BCUT2D eigenvalue weighted by Crippen LogP contribution is 2.32. The van der Waals surface area contributed by atoms with Gasteiger partial charge in [0.15, 0.2) is 5.65 Å². The van der Waals surface area contributed by atoms with Crippen LogP contribution < -0.4 is 4.74 Å². The molecule has 3 rings (SSSR count). The molecule has 0 fully saturated rings. The van der Waals surface area contributed by atoms with Gasteiger partial charge in [-0.3, -0.25) is 0 Å². The topological polar surface area (TPSA) is 26.5 Å². The zero-order chi connectivity index (χ0) is 15.0. The summed E-state index contributed by atoms with van der Waals surface area (Å²) in [5.74, 6) is 0.821. The predicted molar refractivity (Wildman–Crippen MR) is 74.4 cm³/mol. The molecule has 3 nitrogen and oxygen atoms in total. The summed E-state index contributed by atoms with van der Waals surface area (Å²) in [5, 5.41) is 0. The van der Waals surface area contributed by atoms with Gasteiger partial charge in [-0.1, -0.05) is 0 Å². The molecule has 3 aromatic rings. The van der Waals surface area contributed by atoms with E-state index in [-0.39, 0.29) is 0 Å². The second-order valence-electron chi connectivity index (χ2n) is 4.31. The molecule has 108 valence electrons. The molecule has 0 aliphatic carbocycles. The van der Waals surface area contributed by atoms with E-state index in [2.05, 4.69) is 20.9 Å². The summed E-state index contributed by atoms with van der Waals surface area (Å²) < 4.78 is 45.5. The molecule has 0 radical (unpaired) electrons. The second-order valence-corrected chi connectivity index (χ2v) is 5.16. The van der Waals surface area contributed by atoms with Gasteiger partial charge in [0.25, 0.3) is 0 Å². The molecule has 1 aromatic carbocycles. The number of pyridine rings is 1. The smallest absolute Gasteiger partial charge is 0.416 e. The Bertz CT molecular complexity index is 781. The Morgan fingerprint density at radius 1 is 1.10 bits per heavy atom. The van der Waals surface area contributed by atoms with E-state index in [1.165, 1.54) is 12.1 Å². The highest BCUT2D eigenvalue weighted by Gasteiger charge is 2.30. The largest absolute Gasteiger partial charge is 0.456 e. The van der Waals surface area contributed by atoms with Crippen molar-refractivity contribution in [2.45, 2.75) is 6.18 Å². The van der Waals surface area contributed by atoms with E-state index in [1.54, 1.807) is 29.1 Å². The lowest BCUT2D eigenvalue weighted by Gasteiger charge is -2.09. The van der Waals surface area contributed by atoms with Gasteiger partial charge in [-0.2, -0.15) is 13.2 Å². The maximum Gasteiger partial charge on any atom is 0.416 e. The molecule has 0 spiro atoms. The minimum Gasteiger partial charge on any atom is -0.456 e. The standard InChI is InChI=1S/C14H8BrF3N2O/c15-12-7-11(8-20-6-5-19-13(12)20)21-10-3-1-9(2-4-10)14(16,17)18/h1-8H. The molecule has 21 heavy (non-hydrogen) atoms. The summed E-state index contributed by atoms with van der Waals surface area (Å²) in [4.78, 5) is 4.14. The second kappa shape index (κ2) is 5.07. The van der Waals surface area contributed by atoms with Gasteiger partial charge in [0.05, 0.1) is 16.2 Å². The van der Waals surface area contributed by atoms with Crippen LogP contribution in [0.1, 0.15) is 5.56 Å². The van der Waals surface area contributed by atoms with Gasteiger partial charge in [0, 0.05) is 18.5 Å². The highest BCUT2D eigenvalue weighted by atomic mass is 79.9. The minimum absolute atomic E-state index is 0.328. The van der Waals surface area contributed by atoms with Crippen LogP contribution in [0.15, 0.2) is 53.4 Å². The number of aromatic nitrogens is 2. The summed E-state index contributed by atoms with van der Waals surface area (Å²) in [6, 6.07) is 6.25. The van der Waals surface area contributed by atoms with E-state index in [4.69, 9.17) is 4.74 Å². The zero-order valence-corrected chi connectivity index (χ0v) is 12.0. The first-order chi connectivity index (χ1) is 9.93. The summed E-state index contributed by atoms with van der Waals surface area (Å²) >= 11 is 3.37. The minimum atomic E-state index is -4.35. The molecule has 2 heterocycles. The lowest BCUT2D eigenvalue weighted by Crippen LogP contribution is -2.04. The Morgan fingerprint density at radius 2 is 1.81 bits per heavy atom. The summed E-state index contributed by atoms with van der Waals surface area (Å²) in [7, 11) is 0. The molecule has 0 N–H and O–H groups in total. The van der Waals surface area contributed by atoms with Crippen LogP contribution in [-0.2, 0) is 6.18 Å². The van der Waals surface area contributed by atoms with E-state index in [9.17, 15) is 13.2 Å². The van der Waals surface area contributed by atoms with E-state index >= 15 is 0 Å². The van der Waals surface area contributed by atoms with Crippen molar-refractivity contribution >= 4 is 21.6 Å². The van der Waals surface area contributed by atoms with Crippen molar-refractivity contribution < 1.29 is 17.9 Å². The number of hydrogen-bond acceptors (Lipinski definition) is 2. The molecule has 0 aliphatic heterocycles. The third-order valence-electron chi connectivity index (χ3n) is 2.83. The van der Waals surface area contributed by atoms with Crippen LogP contribution in [0, 0.1) is 0 Å². The zero-order valence-electron chi connectivity index (χ0n) is 10.4. The van der Waals surface area contributed by atoms with Gasteiger partial charge in [-0.15, -0.1) is 0 Å². The number of halogens is 4. The molecule has 0 saturated heterocycles. The fourth-order valence-electron chi connectivity index (χ4n) is 1.87. The van der Waals surface area contributed by atoms with Crippen LogP contribution in [0.4, 0.5) is 13.2 Å². The molecule has 0 atom stereocenters. The number of fused-ring (bicyclic) bond motifs is 1. The van der Waals surface area contributed by atoms with Crippen LogP contribution in [0.2, 0.25) is 0 Å². The summed E-state index contributed by atoms with van der Waals surface area (Å²) in [5.41, 5.74) is 0.0239. The van der Waals surface area contributed by atoms with Crippen LogP contribution in [0.3, 0.4) is 0 Å². The number of alkyl halides is 3. The van der Waals surface area contributed by atoms with Gasteiger partial charge < -0.3 is 9.14 Å². The fraction of sp³-hybridized carbons (Fsp3) is 0.0714. The monoisotopic (exact) mass is 356 g/mol. The molecule has 0 aliphatic rings. The first-order valence-corrected chi connectivity index (χ1v) is 6.70. The number of benzene rings is 1. The highest BCUT2D eigenvalue weighted by molar-refractivity contribution is 9.10. The lowest BCUT2D eigenvalue weighted by atomic mass is 10.2. The molecule has 2 aromatic heterocycles. The van der Waals surface area contributed by atoms with E-state index in [0.717, 1.165) is 22.3 Å². The van der Waals surface area contributed by atoms with Crippen molar-refractivity contribution in [2.75, 3.05) is 0 Å². The van der Waals surface area contributed by atoms with Gasteiger partial charge >= 0.3 is 6.18 Å². The van der Waals surface area contributed by atoms with Gasteiger partial charge in [-0.25, -0.2) is 4.98 Å². The quantitative estimate of drug-likeness (QED) is 0.652. The number of ether oxygens (including phenoxy) is 1. The predicted octanol–water partition coefficient (Wildman–Crippen LogP) is 4.91.